The zero-order valence-corrected chi connectivity index (χ0v) is 18.0. The molecule has 0 radical (unpaired) electrons. The molecule has 1 saturated carbocycles. The van der Waals surface area contributed by atoms with Crippen molar-refractivity contribution < 1.29 is 4.79 Å². The fourth-order valence-corrected chi connectivity index (χ4v) is 4.97. The van der Waals surface area contributed by atoms with Crippen molar-refractivity contribution in [2.75, 3.05) is 26.2 Å². The summed E-state index contributed by atoms with van der Waals surface area (Å²) in [5, 5.41) is 10.1. The van der Waals surface area contributed by atoms with Crippen LogP contribution in [0, 0.1) is 17.2 Å². The van der Waals surface area contributed by atoms with Gasteiger partial charge in [0.05, 0.1) is 17.7 Å². The Kier molecular flexibility index (Phi) is 6.72. The van der Waals surface area contributed by atoms with Crippen LogP contribution in [0.4, 0.5) is 0 Å². The summed E-state index contributed by atoms with van der Waals surface area (Å²) in [7, 11) is 0. The van der Waals surface area contributed by atoms with Crippen molar-refractivity contribution in [3.63, 3.8) is 0 Å². The lowest BCUT2D eigenvalue weighted by Crippen LogP contribution is -2.51. The largest absolute Gasteiger partial charge is 0.340 e. The first-order valence-corrected chi connectivity index (χ1v) is 11.3. The third-order valence-electron chi connectivity index (χ3n) is 6.46. The maximum atomic E-state index is 12.9. The van der Waals surface area contributed by atoms with Crippen LogP contribution in [0.25, 0.3) is 0 Å². The fraction of sp³-hybridized carbons (Fsp3) is 0.440. The molecule has 1 amide bonds. The molecule has 5 heteroatoms. The van der Waals surface area contributed by atoms with Crippen LogP contribution in [-0.2, 0) is 4.79 Å². The second kappa shape index (κ2) is 9.64. The van der Waals surface area contributed by atoms with Crippen LogP contribution in [-0.4, -0.2) is 41.9 Å². The van der Waals surface area contributed by atoms with Crippen molar-refractivity contribution in [3.05, 3.63) is 70.2 Å². The Morgan fingerprint density at radius 2 is 1.67 bits per heavy atom. The minimum atomic E-state index is 0.0440. The lowest BCUT2D eigenvalue weighted by atomic mass is 9.88. The molecule has 30 heavy (non-hydrogen) atoms. The van der Waals surface area contributed by atoms with E-state index in [0.29, 0.717) is 16.5 Å². The summed E-state index contributed by atoms with van der Waals surface area (Å²) in [4.78, 5) is 17.4. The van der Waals surface area contributed by atoms with E-state index in [4.69, 9.17) is 11.6 Å². The quantitative estimate of drug-likeness (QED) is 0.695. The predicted octanol–water partition coefficient (Wildman–Crippen LogP) is 5.03. The van der Waals surface area contributed by atoms with Crippen LogP contribution < -0.4 is 0 Å². The lowest BCUT2D eigenvalue weighted by Gasteiger charge is -2.41. The second-order valence-electron chi connectivity index (χ2n) is 8.39. The molecule has 1 heterocycles. The minimum absolute atomic E-state index is 0.0440. The minimum Gasteiger partial charge on any atom is -0.340 e. The zero-order chi connectivity index (χ0) is 20.9. The molecular formula is C25H28ClN3O. The van der Waals surface area contributed by atoms with E-state index in [0.717, 1.165) is 50.1 Å². The SMILES string of the molecule is N#Cc1cccc(C(c2ccc(Cl)cc2)N2CCN(C(=O)C3CCCCC3)CC2)c1. The van der Waals surface area contributed by atoms with Gasteiger partial charge in [0.1, 0.15) is 0 Å². The van der Waals surface area contributed by atoms with E-state index in [1.165, 1.54) is 19.3 Å². The van der Waals surface area contributed by atoms with Crippen molar-refractivity contribution in [1.29, 1.82) is 5.26 Å². The number of nitrogens with zero attached hydrogens (tertiary/aromatic N) is 3. The van der Waals surface area contributed by atoms with Gasteiger partial charge in [0, 0.05) is 37.1 Å². The van der Waals surface area contributed by atoms with Gasteiger partial charge in [-0.05, 0) is 48.2 Å². The van der Waals surface area contributed by atoms with Gasteiger partial charge in [-0.15, -0.1) is 0 Å². The summed E-state index contributed by atoms with van der Waals surface area (Å²) >= 11 is 6.12. The number of hydrogen-bond donors (Lipinski definition) is 0. The number of hydrogen-bond acceptors (Lipinski definition) is 3. The molecule has 4 rings (SSSR count). The lowest BCUT2D eigenvalue weighted by molar-refractivity contribution is -0.138. The molecule has 2 aromatic rings. The Morgan fingerprint density at radius 1 is 0.967 bits per heavy atom. The molecule has 1 saturated heterocycles. The third-order valence-corrected chi connectivity index (χ3v) is 6.71. The van der Waals surface area contributed by atoms with Crippen LogP contribution in [0.5, 0.6) is 0 Å². The third kappa shape index (κ3) is 4.69. The monoisotopic (exact) mass is 421 g/mol. The highest BCUT2D eigenvalue weighted by molar-refractivity contribution is 6.30. The molecule has 0 N–H and O–H groups in total. The summed E-state index contributed by atoms with van der Waals surface area (Å²) < 4.78 is 0. The average Bonchev–Trinajstić information content (AvgIpc) is 2.81. The van der Waals surface area contributed by atoms with E-state index in [1.807, 2.05) is 30.3 Å². The molecule has 0 aromatic heterocycles. The van der Waals surface area contributed by atoms with Gasteiger partial charge >= 0.3 is 0 Å². The van der Waals surface area contributed by atoms with E-state index >= 15 is 0 Å². The van der Waals surface area contributed by atoms with E-state index in [-0.39, 0.29) is 12.0 Å². The summed E-state index contributed by atoms with van der Waals surface area (Å²) in [6, 6.07) is 18.1. The van der Waals surface area contributed by atoms with E-state index in [9.17, 15) is 10.1 Å². The number of amides is 1. The number of carbonyl (C=O) groups is 1. The topological polar surface area (TPSA) is 47.3 Å². The van der Waals surface area contributed by atoms with Gasteiger partial charge < -0.3 is 4.90 Å². The van der Waals surface area contributed by atoms with Crippen LogP contribution in [0.2, 0.25) is 5.02 Å². The number of halogens is 1. The molecule has 1 aliphatic heterocycles. The van der Waals surface area contributed by atoms with Crippen LogP contribution in [0.15, 0.2) is 48.5 Å². The number of piperazine rings is 1. The Morgan fingerprint density at radius 3 is 2.33 bits per heavy atom. The van der Waals surface area contributed by atoms with Gasteiger partial charge in [-0.1, -0.05) is 55.1 Å². The molecule has 0 spiro atoms. The highest BCUT2D eigenvalue weighted by Crippen LogP contribution is 2.32. The Bertz CT molecular complexity index is 907. The maximum absolute atomic E-state index is 12.9. The van der Waals surface area contributed by atoms with Crippen LogP contribution in [0.1, 0.15) is 54.8 Å². The summed E-state index contributed by atoms with van der Waals surface area (Å²) in [5.41, 5.74) is 2.92. The number of carbonyl (C=O) groups excluding carboxylic acids is 1. The highest BCUT2D eigenvalue weighted by atomic mass is 35.5. The van der Waals surface area contributed by atoms with Crippen LogP contribution in [0.3, 0.4) is 0 Å². The standard InChI is InChI=1S/C25H28ClN3O/c26-23-11-9-20(10-12-23)24(22-8-4-5-19(17-22)18-27)28-13-15-29(16-14-28)25(30)21-6-2-1-3-7-21/h4-5,8-12,17,21,24H,1-3,6-7,13-16H2. The van der Waals surface area contributed by atoms with Gasteiger partial charge in [-0.2, -0.15) is 5.26 Å². The van der Waals surface area contributed by atoms with Crippen LogP contribution >= 0.6 is 11.6 Å². The predicted molar refractivity (Wildman–Crippen MR) is 119 cm³/mol. The Hall–Kier alpha value is -2.35. The van der Waals surface area contributed by atoms with Crippen molar-refractivity contribution in [3.8, 4) is 6.07 Å². The van der Waals surface area contributed by atoms with Crippen molar-refractivity contribution in [2.24, 2.45) is 5.92 Å². The normalized spacial score (nSPS) is 19.3. The van der Waals surface area contributed by atoms with Gasteiger partial charge in [-0.3, -0.25) is 9.69 Å². The van der Waals surface area contributed by atoms with Gasteiger partial charge in [0.2, 0.25) is 5.91 Å². The van der Waals surface area contributed by atoms with Crippen molar-refractivity contribution in [1.82, 2.24) is 9.80 Å². The summed E-state index contributed by atoms with van der Waals surface area (Å²) in [6.45, 7) is 3.17. The van der Waals surface area contributed by atoms with Gasteiger partial charge in [-0.25, -0.2) is 0 Å². The molecule has 2 aromatic carbocycles. The van der Waals surface area contributed by atoms with E-state index in [2.05, 4.69) is 34.1 Å². The zero-order valence-electron chi connectivity index (χ0n) is 17.3. The first kappa shape index (κ1) is 20.9. The van der Waals surface area contributed by atoms with E-state index < -0.39 is 0 Å². The first-order chi connectivity index (χ1) is 14.7. The fourth-order valence-electron chi connectivity index (χ4n) is 4.85. The summed E-state index contributed by atoms with van der Waals surface area (Å²) in [5.74, 6) is 0.577. The average molecular weight is 422 g/mol. The molecule has 4 nitrogen and oxygen atoms in total. The first-order valence-electron chi connectivity index (χ1n) is 10.9. The highest BCUT2D eigenvalue weighted by Gasteiger charge is 2.31. The molecule has 2 aliphatic rings. The van der Waals surface area contributed by atoms with E-state index in [1.54, 1.807) is 0 Å². The molecule has 0 bridgehead atoms. The smallest absolute Gasteiger partial charge is 0.225 e. The van der Waals surface area contributed by atoms with Crippen molar-refractivity contribution in [2.45, 2.75) is 38.1 Å². The molecule has 2 fully saturated rings. The van der Waals surface area contributed by atoms with Gasteiger partial charge in [0.15, 0.2) is 0 Å². The summed E-state index contributed by atoms with van der Waals surface area (Å²) in [6.07, 6.45) is 5.73. The molecular weight excluding hydrogens is 394 g/mol. The van der Waals surface area contributed by atoms with Crippen molar-refractivity contribution >= 4 is 17.5 Å². The molecule has 1 unspecified atom stereocenters. The molecule has 1 atom stereocenters. The number of rotatable bonds is 4. The Balaban J connectivity index is 1.52. The molecule has 156 valence electrons. The second-order valence-corrected chi connectivity index (χ2v) is 8.82. The molecule has 1 aliphatic carbocycles. The Labute approximate surface area is 184 Å². The number of benzene rings is 2. The van der Waals surface area contributed by atoms with Gasteiger partial charge in [0.25, 0.3) is 0 Å². The maximum Gasteiger partial charge on any atom is 0.225 e. The number of nitriles is 1.